The number of H-pyrrole nitrogens is 1. The van der Waals surface area contributed by atoms with Gasteiger partial charge >= 0.3 is 0 Å². The second-order valence-electron chi connectivity index (χ2n) is 4.57. The lowest BCUT2D eigenvalue weighted by atomic mass is 9.99. The summed E-state index contributed by atoms with van der Waals surface area (Å²) >= 11 is 3.42. The van der Waals surface area contributed by atoms with E-state index in [1.54, 1.807) is 0 Å². The standard InChI is InChI=1S/C12H18BrN3O/c1-3-9-6-4-5-7-16(9)12(17)11-10(13)8(2)14-15-11/h9H,3-7H2,1-2H3,(H,14,15)/t9-/m1/s1. The number of likely N-dealkylation sites (tertiary alicyclic amines) is 1. The van der Waals surface area contributed by atoms with Gasteiger partial charge in [0.1, 0.15) is 0 Å². The van der Waals surface area contributed by atoms with E-state index < -0.39 is 0 Å². The molecule has 94 valence electrons. The number of aromatic nitrogens is 2. The number of piperidine rings is 1. The van der Waals surface area contributed by atoms with Crippen molar-refractivity contribution in [2.75, 3.05) is 6.54 Å². The number of carbonyl (C=O) groups is 1. The van der Waals surface area contributed by atoms with Crippen LogP contribution < -0.4 is 0 Å². The quantitative estimate of drug-likeness (QED) is 0.913. The van der Waals surface area contributed by atoms with Crippen LogP contribution in [0.25, 0.3) is 0 Å². The van der Waals surface area contributed by atoms with Gasteiger partial charge in [-0.25, -0.2) is 0 Å². The smallest absolute Gasteiger partial charge is 0.275 e. The van der Waals surface area contributed by atoms with Gasteiger partial charge in [0.2, 0.25) is 0 Å². The minimum atomic E-state index is 0.0489. The molecule has 0 bridgehead atoms. The number of rotatable bonds is 2. The van der Waals surface area contributed by atoms with Crippen LogP contribution in [0.5, 0.6) is 0 Å². The van der Waals surface area contributed by atoms with Crippen LogP contribution in [0.1, 0.15) is 48.8 Å². The van der Waals surface area contributed by atoms with E-state index in [1.807, 2.05) is 11.8 Å². The molecule has 17 heavy (non-hydrogen) atoms. The van der Waals surface area contributed by atoms with E-state index in [0.29, 0.717) is 11.7 Å². The number of nitrogens with zero attached hydrogens (tertiary/aromatic N) is 2. The van der Waals surface area contributed by atoms with E-state index in [9.17, 15) is 4.79 Å². The fourth-order valence-electron chi connectivity index (χ4n) is 2.39. The minimum absolute atomic E-state index is 0.0489. The van der Waals surface area contributed by atoms with Crippen LogP contribution in [-0.4, -0.2) is 33.6 Å². The maximum Gasteiger partial charge on any atom is 0.275 e. The SMILES string of the molecule is CC[C@@H]1CCCCN1C(=O)c1n[nH]c(C)c1Br. The van der Waals surface area contributed by atoms with E-state index in [4.69, 9.17) is 0 Å². The van der Waals surface area contributed by atoms with Gasteiger partial charge in [0.15, 0.2) is 5.69 Å². The second-order valence-corrected chi connectivity index (χ2v) is 5.36. The maximum absolute atomic E-state index is 12.4. The van der Waals surface area contributed by atoms with Gasteiger partial charge in [-0.05, 0) is 48.5 Å². The molecule has 1 N–H and O–H groups in total. The Morgan fingerprint density at radius 3 is 2.94 bits per heavy atom. The van der Waals surface area contributed by atoms with Crippen molar-refractivity contribution >= 4 is 21.8 Å². The first-order chi connectivity index (χ1) is 8.15. The highest BCUT2D eigenvalue weighted by Crippen LogP contribution is 2.25. The molecule has 5 heteroatoms. The predicted molar refractivity (Wildman–Crippen MR) is 70.0 cm³/mol. The number of halogens is 1. The van der Waals surface area contributed by atoms with Crippen molar-refractivity contribution in [3.63, 3.8) is 0 Å². The fraction of sp³-hybridized carbons (Fsp3) is 0.667. The second kappa shape index (κ2) is 5.21. The Kier molecular flexibility index (Phi) is 3.86. The molecule has 0 aliphatic carbocycles. The predicted octanol–water partition coefficient (Wildman–Crippen LogP) is 2.89. The summed E-state index contributed by atoms with van der Waals surface area (Å²) in [4.78, 5) is 14.4. The summed E-state index contributed by atoms with van der Waals surface area (Å²) in [5.74, 6) is 0.0489. The van der Waals surface area contributed by atoms with Gasteiger partial charge in [0, 0.05) is 18.3 Å². The molecule has 0 unspecified atom stereocenters. The average Bonchev–Trinajstić information content (AvgIpc) is 2.69. The van der Waals surface area contributed by atoms with E-state index >= 15 is 0 Å². The lowest BCUT2D eigenvalue weighted by Gasteiger charge is -2.34. The molecule has 1 aliphatic heterocycles. The first-order valence-electron chi connectivity index (χ1n) is 6.16. The van der Waals surface area contributed by atoms with E-state index in [2.05, 4.69) is 33.1 Å². The Balaban J connectivity index is 2.21. The first-order valence-corrected chi connectivity index (χ1v) is 6.95. The Morgan fingerprint density at radius 1 is 1.59 bits per heavy atom. The molecular formula is C12H18BrN3O. The third-order valence-electron chi connectivity index (χ3n) is 3.43. The number of hydrogen-bond acceptors (Lipinski definition) is 2. The molecule has 0 spiro atoms. The molecule has 2 heterocycles. The van der Waals surface area contributed by atoms with Crippen LogP contribution in [0.2, 0.25) is 0 Å². The number of aromatic amines is 1. The summed E-state index contributed by atoms with van der Waals surface area (Å²) in [5, 5.41) is 6.94. The molecular weight excluding hydrogens is 282 g/mol. The van der Waals surface area contributed by atoms with Crippen molar-refractivity contribution in [3.05, 3.63) is 15.9 Å². The summed E-state index contributed by atoms with van der Waals surface area (Å²) in [5.41, 5.74) is 1.42. The van der Waals surface area contributed by atoms with Crippen LogP contribution in [0.4, 0.5) is 0 Å². The Labute approximate surface area is 110 Å². The molecule has 0 saturated carbocycles. The van der Waals surface area contributed by atoms with Crippen LogP contribution in [0, 0.1) is 6.92 Å². The summed E-state index contributed by atoms with van der Waals surface area (Å²) in [6, 6.07) is 0.375. The van der Waals surface area contributed by atoms with E-state index in [0.717, 1.165) is 36.0 Å². The van der Waals surface area contributed by atoms with E-state index in [1.165, 1.54) is 6.42 Å². The van der Waals surface area contributed by atoms with Gasteiger partial charge in [-0.2, -0.15) is 5.10 Å². The third-order valence-corrected chi connectivity index (χ3v) is 4.40. The fourth-order valence-corrected chi connectivity index (χ4v) is 2.73. The van der Waals surface area contributed by atoms with Gasteiger partial charge in [-0.15, -0.1) is 0 Å². The molecule has 0 aromatic carbocycles. The van der Waals surface area contributed by atoms with Crippen molar-refractivity contribution in [3.8, 4) is 0 Å². The summed E-state index contributed by atoms with van der Waals surface area (Å²) in [7, 11) is 0. The Morgan fingerprint density at radius 2 is 2.35 bits per heavy atom. The van der Waals surface area contributed by atoms with Crippen LogP contribution in [-0.2, 0) is 0 Å². The Bertz CT molecular complexity index is 416. The zero-order valence-electron chi connectivity index (χ0n) is 10.3. The highest BCUT2D eigenvalue weighted by molar-refractivity contribution is 9.10. The minimum Gasteiger partial charge on any atom is -0.334 e. The monoisotopic (exact) mass is 299 g/mol. The van der Waals surface area contributed by atoms with Gasteiger partial charge in [-0.3, -0.25) is 9.89 Å². The van der Waals surface area contributed by atoms with Crippen molar-refractivity contribution < 1.29 is 4.79 Å². The van der Waals surface area contributed by atoms with Gasteiger partial charge in [0.05, 0.1) is 4.47 Å². The molecule has 0 radical (unpaired) electrons. The lowest BCUT2D eigenvalue weighted by Crippen LogP contribution is -2.43. The summed E-state index contributed by atoms with van der Waals surface area (Å²) < 4.78 is 0.794. The number of hydrogen-bond donors (Lipinski definition) is 1. The van der Waals surface area contributed by atoms with Crippen molar-refractivity contribution in [1.82, 2.24) is 15.1 Å². The van der Waals surface area contributed by atoms with Crippen molar-refractivity contribution in [2.45, 2.75) is 45.6 Å². The highest BCUT2D eigenvalue weighted by atomic mass is 79.9. The highest BCUT2D eigenvalue weighted by Gasteiger charge is 2.29. The molecule has 1 aromatic rings. The molecule has 1 amide bonds. The van der Waals surface area contributed by atoms with Crippen molar-refractivity contribution in [2.24, 2.45) is 0 Å². The molecule has 2 rings (SSSR count). The number of aryl methyl sites for hydroxylation is 1. The van der Waals surface area contributed by atoms with Gasteiger partial charge in [0.25, 0.3) is 5.91 Å². The van der Waals surface area contributed by atoms with Crippen LogP contribution in [0.15, 0.2) is 4.47 Å². The number of carbonyl (C=O) groups excluding carboxylic acids is 1. The maximum atomic E-state index is 12.4. The largest absolute Gasteiger partial charge is 0.334 e. The first kappa shape index (κ1) is 12.6. The molecule has 1 aliphatic rings. The molecule has 1 atom stereocenters. The number of nitrogens with one attached hydrogen (secondary N) is 1. The average molecular weight is 300 g/mol. The number of amides is 1. The van der Waals surface area contributed by atoms with Crippen LogP contribution >= 0.6 is 15.9 Å². The Hall–Kier alpha value is -0.840. The summed E-state index contributed by atoms with van der Waals surface area (Å²) in [6.07, 6.45) is 4.46. The topological polar surface area (TPSA) is 49.0 Å². The van der Waals surface area contributed by atoms with E-state index in [-0.39, 0.29) is 5.91 Å². The zero-order chi connectivity index (χ0) is 12.4. The molecule has 1 fully saturated rings. The van der Waals surface area contributed by atoms with Crippen LogP contribution in [0.3, 0.4) is 0 Å². The molecule has 1 saturated heterocycles. The lowest BCUT2D eigenvalue weighted by molar-refractivity contribution is 0.0601. The molecule has 1 aromatic heterocycles. The van der Waals surface area contributed by atoms with Gasteiger partial charge < -0.3 is 4.90 Å². The normalized spacial score (nSPS) is 20.6. The third kappa shape index (κ3) is 2.39. The van der Waals surface area contributed by atoms with Gasteiger partial charge in [-0.1, -0.05) is 6.92 Å². The molecule has 4 nitrogen and oxygen atoms in total. The zero-order valence-corrected chi connectivity index (χ0v) is 11.9. The summed E-state index contributed by atoms with van der Waals surface area (Å²) in [6.45, 7) is 4.90. The van der Waals surface area contributed by atoms with Crippen molar-refractivity contribution in [1.29, 1.82) is 0 Å².